The van der Waals surface area contributed by atoms with Crippen molar-refractivity contribution in [3.8, 4) is 0 Å². The van der Waals surface area contributed by atoms with Crippen LogP contribution in [0.2, 0.25) is 0 Å². The van der Waals surface area contributed by atoms with Gasteiger partial charge in [-0.3, -0.25) is 10.1 Å². The fourth-order valence-electron chi connectivity index (χ4n) is 1.07. The van der Waals surface area contributed by atoms with E-state index in [1.807, 2.05) is 0 Å². The lowest BCUT2D eigenvalue weighted by atomic mass is 10.2. The van der Waals surface area contributed by atoms with Gasteiger partial charge < -0.3 is 5.73 Å². The van der Waals surface area contributed by atoms with E-state index in [1.54, 1.807) is 6.92 Å². The number of pyridine rings is 1. The van der Waals surface area contributed by atoms with Crippen LogP contribution in [0.5, 0.6) is 0 Å². The molecular formula is C9H11N3O2. The molecule has 5 nitrogen and oxygen atoms in total. The summed E-state index contributed by atoms with van der Waals surface area (Å²) in [7, 11) is 0. The Morgan fingerprint density at radius 2 is 2.36 bits per heavy atom. The van der Waals surface area contributed by atoms with Crippen molar-refractivity contribution in [3.63, 3.8) is 0 Å². The minimum atomic E-state index is -0.467. The van der Waals surface area contributed by atoms with Crippen LogP contribution in [0, 0.1) is 17.0 Å². The Morgan fingerprint density at radius 3 is 2.79 bits per heavy atom. The molecule has 0 spiro atoms. The molecule has 1 rings (SSSR count). The molecule has 0 bridgehead atoms. The first-order valence-electron chi connectivity index (χ1n) is 4.06. The van der Waals surface area contributed by atoms with Crippen molar-refractivity contribution in [3.05, 3.63) is 46.3 Å². The average molecular weight is 193 g/mol. The molecule has 0 saturated carbocycles. The lowest BCUT2D eigenvalue weighted by molar-refractivity contribution is -0.385. The number of hydrogen-bond donors (Lipinski definition) is 1. The molecule has 0 amide bonds. The third kappa shape index (κ3) is 1.94. The number of aryl methyl sites for hydroxylation is 1. The van der Waals surface area contributed by atoms with Crippen molar-refractivity contribution >= 4 is 5.69 Å². The zero-order valence-electron chi connectivity index (χ0n) is 7.80. The Bertz CT molecular complexity index is 376. The summed E-state index contributed by atoms with van der Waals surface area (Å²) in [4.78, 5) is 14.0. The molecule has 0 aliphatic carbocycles. The zero-order valence-corrected chi connectivity index (χ0v) is 7.80. The summed E-state index contributed by atoms with van der Waals surface area (Å²) in [5.74, 6) is 0. The first-order valence-corrected chi connectivity index (χ1v) is 4.06. The van der Waals surface area contributed by atoms with E-state index in [9.17, 15) is 10.1 Å². The second-order valence-corrected chi connectivity index (χ2v) is 2.86. The molecule has 1 atom stereocenters. The van der Waals surface area contributed by atoms with Gasteiger partial charge in [-0.2, -0.15) is 0 Å². The average Bonchev–Trinajstić information content (AvgIpc) is 2.15. The standard InChI is InChI=1S/C9H11N3O2/c1-3-7(10)8-4-5-9(12(13)14)6(2)11-8/h3-5,7H,1,10H2,2H3/t7-/m1/s1. The molecule has 0 unspecified atom stereocenters. The van der Waals surface area contributed by atoms with Gasteiger partial charge in [0.2, 0.25) is 0 Å². The summed E-state index contributed by atoms with van der Waals surface area (Å²) in [5, 5.41) is 10.5. The van der Waals surface area contributed by atoms with E-state index in [0.717, 1.165) is 0 Å². The van der Waals surface area contributed by atoms with Crippen LogP contribution in [0.15, 0.2) is 24.8 Å². The fraction of sp³-hybridized carbons (Fsp3) is 0.222. The minimum absolute atomic E-state index is 0.00464. The fourth-order valence-corrected chi connectivity index (χ4v) is 1.07. The summed E-state index contributed by atoms with van der Waals surface area (Å²) in [6.07, 6.45) is 1.54. The Balaban J connectivity index is 3.12. The van der Waals surface area contributed by atoms with Gasteiger partial charge in [0.1, 0.15) is 5.69 Å². The molecule has 1 heterocycles. The number of nitrogens with two attached hydrogens (primary N) is 1. The van der Waals surface area contributed by atoms with Gasteiger partial charge in [-0.1, -0.05) is 6.08 Å². The maximum Gasteiger partial charge on any atom is 0.290 e. The maximum atomic E-state index is 10.5. The van der Waals surface area contributed by atoms with Crippen molar-refractivity contribution in [2.45, 2.75) is 13.0 Å². The van der Waals surface area contributed by atoms with Gasteiger partial charge in [-0.05, 0) is 13.0 Å². The van der Waals surface area contributed by atoms with Crippen LogP contribution in [-0.2, 0) is 0 Å². The molecule has 0 fully saturated rings. The molecule has 5 heteroatoms. The van der Waals surface area contributed by atoms with E-state index in [1.165, 1.54) is 18.2 Å². The molecular weight excluding hydrogens is 182 g/mol. The molecule has 0 saturated heterocycles. The molecule has 0 aliphatic rings. The summed E-state index contributed by atoms with van der Waals surface area (Å²) in [6, 6.07) is 2.56. The van der Waals surface area contributed by atoms with Gasteiger partial charge in [0.25, 0.3) is 5.69 Å². The second-order valence-electron chi connectivity index (χ2n) is 2.86. The SMILES string of the molecule is C=C[C@@H](N)c1ccc([N+](=O)[O-])c(C)n1. The van der Waals surface area contributed by atoms with E-state index in [2.05, 4.69) is 11.6 Å². The molecule has 1 aromatic heterocycles. The number of nitro groups is 1. The van der Waals surface area contributed by atoms with Gasteiger partial charge in [0.15, 0.2) is 0 Å². The molecule has 0 radical (unpaired) electrons. The first-order chi connectivity index (χ1) is 6.56. The monoisotopic (exact) mass is 193 g/mol. The predicted octanol–water partition coefficient (Wildman–Crippen LogP) is 1.48. The van der Waals surface area contributed by atoms with Crippen molar-refractivity contribution < 1.29 is 4.92 Å². The number of nitrogens with zero attached hydrogens (tertiary/aromatic N) is 2. The Morgan fingerprint density at radius 1 is 1.71 bits per heavy atom. The van der Waals surface area contributed by atoms with Crippen LogP contribution < -0.4 is 5.73 Å². The van der Waals surface area contributed by atoms with Crippen molar-refractivity contribution in [1.29, 1.82) is 0 Å². The largest absolute Gasteiger partial charge is 0.319 e. The maximum absolute atomic E-state index is 10.5. The van der Waals surface area contributed by atoms with E-state index in [4.69, 9.17) is 5.73 Å². The third-order valence-electron chi connectivity index (χ3n) is 1.87. The summed E-state index contributed by atoms with van der Waals surface area (Å²) in [5.41, 5.74) is 6.60. The summed E-state index contributed by atoms with van der Waals surface area (Å²) < 4.78 is 0. The molecule has 1 aromatic rings. The minimum Gasteiger partial charge on any atom is -0.319 e. The highest BCUT2D eigenvalue weighted by atomic mass is 16.6. The van der Waals surface area contributed by atoms with E-state index in [0.29, 0.717) is 11.4 Å². The smallest absolute Gasteiger partial charge is 0.290 e. The molecule has 74 valence electrons. The highest BCUT2D eigenvalue weighted by molar-refractivity contribution is 5.36. The van der Waals surface area contributed by atoms with Crippen LogP contribution in [0.4, 0.5) is 5.69 Å². The van der Waals surface area contributed by atoms with Crippen LogP contribution >= 0.6 is 0 Å². The quantitative estimate of drug-likeness (QED) is 0.448. The second kappa shape index (κ2) is 3.97. The molecule has 0 aliphatic heterocycles. The van der Waals surface area contributed by atoms with E-state index < -0.39 is 4.92 Å². The number of aromatic nitrogens is 1. The van der Waals surface area contributed by atoms with Gasteiger partial charge in [0, 0.05) is 6.07 Å². The van der Waals surface area contributed by atoms with Crippen LogP contribution in [0.1, 0.15) is 17.4 Å². The Labute approximate surface area is 81.4 Å². The van der Waals surface area contributed by atoms with Crippen molar-refractivity contribution in [2.75, 3.05) is 0 Å². The van der Waals surface area contributed by atoms with Crippen LogP contribution in [-0.4, -0.2) is 9.91 Å². The normalized spacial score (nSPS) is 12.1. The highest BCUT2D eigenvalue weighted by Crippen LogP contribution is 2.18. The molecule has 0 aromatic carbocycles. The van der Waals surface area contributed by atoms with E-state index >= 15 is 0 Å². The van der Waals surface area contributed by atoms with Crippen LogP contribution in [0.3, 0.4) is 0 Å². The van der Waals surface area contributed by atoms with Gasteiger partial charge in [0.05, 0.1) is 16.7 Å². The lowest BCUT2D eigenvalue weighted by Gasteiger charge is -2.05. The topological polar surface area (TPSA) is 82.0 Å². The van der Waals surface area contributed by atoms with Crippen molar-refractivity contribution in [2.24, 2.45) is 5.73 Å². The highest BCUT2D eigenvalue weighted by Gasteiger charge is 2.13. The van der Waals surface area contributed by atoms with Gasteiger partial charge in [-0.15, -0.1) is 6.58 Å². The Hall–Kier alpha value is -1.75. The number of hydrogen-bond acceptors (Lipinski definition) is 4. The van der Waals surface area contributed by atoms with E-state index in [-0.39, 0.29) is 11.7 Å². The Kier molecular flexibility index (Phi) is 2.93. The molecule has 14 heavy (non-hydrogen) atoms. The summed E-state index contributed by atoms with van der Waals surface area (Å²) >= 11 is 0. The summed E-state index contributed by atoms with van der Waals surface area (Å²) in [6.45, 7) is 5.11. The van der Waals surface area contributed by atoms with Gasteiger partial charge >= 0.3 is 0 Å². The zero-order chi connectivity index (χ0) is 10.7. The lowest BCUT2D eigenvalue weighted by Crippen LogP contribution is -2.09. The molecule has 2 N–H and O–H groups in total. The number of rotatable bonds is 3. The predicted molar refractivity (Wildman–Crippen MR) is 52.8 cm³/mol. The van der Waals surface area contributed by atoms with Crippen molar-refractivity contribution in [1.82, 2.24) is 4.98 Å². The van der Waals surface area contributed by atoms with Crippen LogP contribution in [0.25, 0.3) is 0 Å². The van der Waals surface area contributed by atoms with Gasteiger partial charge in [-0.25, -0.2) is 4.98 Å². The third-order valence-corrected chi connectivity index (χ3v) is 1.87. The first kappa shape index (κ1) is 10.3.